The van der Waals surface area contributed by atoms with E-state index in [0.717, 1.165) is 38.5 Å². The van der Waals surface area contributed by atoms with Gasteiger partial charge in [-0.15, -0.1) is 0 Å². The van der Waals surface area contributed by atoms with E-state index in [-0.39, 0.29) is 5.92 Å². The molecule has 29 heavy (non-hydrogen) atoms. The normalized spacial score (nSPS) is 18.4. The first-order valence-electron chi connectivity index (χ1n) is 10.7. The van der Waals surface area contributed by atoms with Crippen LogP contribution in [0.1, 0.15) is 85.5 Å². The smallest absolute Gasteiger partial charge is 0.408 e. The highest BCUT2D eigenvalue weighted by Gasteiger charge is 2.33. The first-order valence-corrected chi connectivity index (χ1v) is 10.7. The number of alkyl carbamates (subject to hydrolysis) is 1. The number of carbonyl (C=O) groups is 3. The largest absolute Gasteiger partial charge is 0.479 e. The average molecular weight is 415 g/mol. The number of aliphatic carboxylic acids is 1. The number of rotatable bonds is 10. The molecule has 0 aromatic heterocycles. The SMILES string of the molecule is CCCC[C@H](NC(=O)OC(C)(C)C)C(=O)NC(CC1CCCCC1)C(O)C(=O)O. The van der Waals surface area contributed by atoms with Crippen molar-refractivity contribution in [3.63, 3.8) is 0 Å². The number of carboxylic acid groups (broad SMARTS) is 1. The van der Waals surface area contributed by atoms with Gasteiger partial charge in [-0.1, -0.05) is 51.9 Å². The van der Waals surface area contributed by atoms with Crippen LogP contribution in [0, 0.1) is 5.92 Å². The van der Waals surface area contributed by atoms with Crippen LogP contribution in [0.3, 0.4) is 0 Å². The minimum absolute atomic E-state index is 0.274. The summed E-state index contributed by atoms with van der Waals surface area (Å²) in [4.78, 5) is 36.3. The molecule has 0 saturated heterocycles. The van der Waals surface area contributed by atoms with E-state index in [9.17, 15) is 24.6 Å². The molecule has 0 heterocycles. The molecule has 8 heteroatoms. The number of unbranched alkanes of at least 4 members (excludes halogenated alkanes) is 1. The van der Waals surface area contributed by atoms with Crippen molar-refractivity contribution in [2.24, 2.45) is 5.92 Å². The lowest BCUT2D eigenvalue weighted by Crippen LogP contribution is -2.55. The number of carbonyl (C=O) groups excluding carboxylic acids is 2. The second kappa shape index (κ2) is 12.0. The summed E-state index contributed by atoms with van der Waals surface area (Å²) in [6.07, 6.45) is 5.22. The van der Waals surface area contributed by atoms with Crippen LogP contribution in [0.15, 0.2) is 0 Å². The Kier molecular flexibility index (Phi) is 10.4. The number of hydrogen-bond acceptors (Lipinski definition) is 5. The molecular weight excluding hydrogens is 376 g/mol. The van der Waals surface area contributed by atoms with Crippen molar-refractivity contribution >= 4 is 18.0 Å². The third-order valence-corrected chi connectivity index (χ3v) is 5.13. The van der Waals surface area contributed by atoms with Crippen LogP contribution in [0.4, 0.5) is 4.79 Å². The number of hydrogen-bond donors (Lipinski definition) is 4. The molecule has 2 unspecified atom stereocenters. The number of ether oxygens (including phenoxy) is 1. The fraction of sp³-hybridized carbons (Fsp3) is 0.857. The Hall–Kier alpha value is -1.83. The molecule has 0 aromatic rings. The molecule has 0 aliphatic heterocycles. The van der Waals surface area contributed by atoms with Crippen LogP contribution < -0.4 is 10.6 Å². The molecular formula is C21H38N2O6. The second-order valence-corrected chi connectivity index (χ2v) is 8.98. The van der Waals surface area contributed by atoms with Gasteiger partial charge >= 0.3 is 12.1 Å². The summed E-state index contributed by atoms with van der Waals surface area (Å²) in [6, 6.07) is -1.74. The molecule has 4 N–H and O–H groups in total. The van der Waals surface area contributed by atoms with Crippen molar-refractivity contribution in [1.29, 1.82) is 0 Å². The van der Waals surface area contributed by atoms with Gasteiger partial charge < -0.3 is 25.6 Å². The first-order chi connectivity index (χ1) is 13.5. The van der Waals surface area contributed by atoms with Crippen molar-refractivity contribution in [1.82, 2.24) is 10.6 Å². The van der Waals surface area contributed by atoms with E-state index in [1.165, 1.54) is 0 Å². The van der Waals surface area contributed by atoms with Crippen molar-refractivity contribution in [3.05, 3.63) is 0 Å². The molecule has 168 valence electrons. The molecule has 2 amide bonds. The highest BCUT2D eigenvalue weighted by molar-refractivity contribution is 5.86. The van der Waals surface area contributed by atoms with E-state index < -0.39 is 41.8 Å². The molecule has 0 aromatic carbocycles. The zero-order chi connectivity index (χ0) is 22.0. The quantitative estimate of drug-likeness (QED) is 0.435. The van der Waals surface area contributed by atoms with Crippen molar-refractivity contribution in [2.45, 2.75) is 109 Å². The molecule has 0 radical (unpaired) electrons. The number of amides is 2. The Morgan fingerprint density at radius 2 is 1.72 bits per heavy atom. The van der Waals surface area contributed by atoms with Gasteiger partial charge in [0.2, 0.25) is 5.91 Å². The van der Waals surface area contributed by atoms with Gasteiger partial charge in [-0.3, -0.25) is 4.79 Å². The van der Waals surface area contributed by atoms with E-state index in [2.05, 4.69) is 10.6 Å². The highest BCUT2D eigenvalue weighted by Crippen LogP contribution is 2.28. The summed E-state index contributed by atoms with van der Waals surface area (Å²) in [5.41, 5.74) is -0.696. The van der Waals surface area contributed by atoms with E-state index in [1.807, 2.05) is 6.92 Å². The second-order valence-electron chi connectivity index (χ2n) is 8.98. The molecule has 1 aliphatic rings. The van der Waals surface area contributed by atoms with Gasteiger partial charge in [0.15, 0.2) is 6.10 Å². The first kappa shape index (κ1) is 25.2. The average Bonchev–Trinajstić information content (AvgIpc) is 2.63. The molecule has 1 rings (SSSR count). The Morgan fingerprint density at radius 3 is 2.24 bits per heavy atom. The number of carboxylic acids is 1. The summed E-state index contributed by atoms with van der Waals surface area (Å²) < 4.78 is 5.24. The predicted octanol–water partition coefficient (Wildman–Crippen LogP) is 2.97. The van der Waals surface area contributed by atoms with Gasteiger partial charge in [0.25, 0.3) is 0 Å². The van der Waals surface area contributed by atoms with Crippen molar-refractivity contribution < 1.29 is 29.3 Å². The monoisotopic (exact) mass is 414 g/mol. The summed E-state index contributed by atoms with van der Waals surface area (Å²) in [6.45, 7) is 7.17. The van der Waals surface area contributed by atoms with Gasteiger partial charge in [-0.25, -0.2) is 9.59 Å². The lowest BCUT2D eigenvalue weighted by molar-refractivity contribution is -0.149. The van der Waals surface area contributed by atoms with E-state index in [0.29, 0.717) is 19.3 Å². The summed E-state index contributed by atoms with van der Waals surface area (Å²) >= 11 is 0. The highest BCUT2D eigenvalue weighted by atomic mass is 16.6. The Labute approximate surface area is 173 Å². The molecule has 1 saturated carbocycles. The third kappa shape index (κ3) is 9.96. The zero-order valence-corrected chi connectivity index (χ0v) is 18.2. The third-order valence-electron chi connectivity index (χ3n) is 5.13. The van der Waals surface area contributed by atoms with Gasteiger partial charge in [-0.05, 0) is 39.5 Å². The van der Waals surface area contributed by atoms with Gasteiger partial charge in [0.1, 0.15) is 11.6 Å². The van der Waals surface area contributed by atoms with Crippen molar-refractivity contribution in [2.75, 3.05) is 0 Å². The van der Waals surface area contributed by atoms with Crippen LogP contribution in [-0.2, 0) is 14.3 Å². The lowest BCUT2D eigenvalue weighted by atomic mass is 9.83. The predicted molar refractivity (Wildman–Crippen MR) is 109 cm³/mol. The maximum atomic E-state index is 12.8. The molecule has 1 aliphatic carbocycles. The maximum Gasteiger partial charge on any atom is 0.408 e. The van der Waals surface area contributed by atoms with Gasteiger partial charge in [0.05, 0.1) is 6.04 Å². The minimum atomic E-state index is -1.69. The van der Waals surface area contributed by atoms with Gasteiger partial charge in [0, 0.05) is 0 Å². The van der Waals surface area contributed by atoms with E-state index in [4.69, 9.17) is 4.74 Å². The zero-order valence-electron chi connectivity index (χ0n) is 18.2. The summed E-state index contributed by atoms with van der Waals surface area (Å²) in [5.74, 6) is -1.59. The molecule has 0 spiro atoms. The fourth-order valence-electron chi connectivity index (χ4n) is 3.63. The van der Waals surface area contributed by atoms with Crippen LogP contribution in [0.5, 0.6) is 0 Å². The number of nitrogens with one attached hydrogen (secondary N) is 2. The van der Waals surface area contributed by atoms with Crippen molar-refractivity contribution in [3.8, 4) is 0 Å². The summed E-state index contributed by atoms with van der Waals surface area (Å²) in [7, 11) is 0. The van der Waals surface area contributed by atoms with E-state index >= 15 is 0 Å². The number of aliphatic hydroxyl groups is 1. The van der Waals surface area contributed by atoms with Crippen LogP contribution >= 0.6 is 0 Å². The topological polar surface area (TPSA) is 125 Å². The summed E-state index contributed by atoms with van der Waals surface area (Å²) in [5, 5.41) is 24.7. The molecule has 0 bridgehead atoms. The minimum Gasteiger partial charge on any atom is -0.479 e. The fourth-order valence-corrected chi connectivity index (χ4v) is 3.63. The molecule has 3 atom stereocenters. The number of aliphatic hydroxyl groups excluding tert-OH is 1. The molecule has 8 nitrogen and oxygen atoms in total. The van der Waals surface area contributed by atoms with Gasteiger partial charge in [-0.2, -0.15) is 0 Å². The van der Waals surface area contributed by atoms with Crippen LogP contribution in [0.25, 0.3) is 0 Å². The van der Waals surface area contributed by atoms with Crippen LogP contribution in [-0.4, -0.2) is 52.0 Å². The van der Waals surface area contributed by atoms with E-state index in [1.54, 1.807) is 20.8 Å². The molecule has 1 fully saturated rings. The standard InChI is InChI=1S/C21H38N2O6/c1-5-6-12-15(23-20(28)29-21(2,3)4)18(25)22-16(17(24)19(26)27)13-14-10-8-7-9-11-14/h14-17,24H,5-13H2,1-4H3,(H,22,25)(H,23,28)(H,26,27)/t15-,16?,17?/m0/s1. The Bertz CT molecular complexity index is 540. The maximum absolute atomic E-state index is 12.8. The lowest BCUT2D eigenvalue weighted by Gasteiger charge is -2.30. The Morgan fingerprint density at radius 1 is 1.10 bits per heavy atom. The van der Waals surface area contributed by atoms with Crippen LogP contribution in [0.2, 0.25) is 0 Å². The Balaban J connectivity index is 2.82.